The first kappa shape index (κ1) is 19.9. The van der Waals surface area contributed by atoms with Crippen molar-refractivity contribution in [3.63, 3.8) is 0 Å². The normalized spacial score (nSPS) is 11.9. The smallest absolute Gasteiger partial charge is 0.224 e. The Bertz CT molecular complexity index is 421. The van der Waals surface area contributed by atoms with Crippen molar-refractivity contribution >= 4 is 24.0 Å². The van der Waals surface area contributed by atoms with Crippen molar-refractivity contribution in [2.75, 3.05) is 11.9 Å². The molecule has 1 rings (SSSR count). The van der Waals surface area contributed by atoms with Gasteiger partial charge in [-0.3, -0.25) is 4.79 Å². The lowest BCUT2D eigenvalue weighted by Gasteiger charge is -2.15. The molecule has 21 heavy (non-hydrogen) atoms. The fourth-order valence-electron chi connectivity index (χ4n) is 2.46. The van der Waals surface area contributed by atoms with E-state index < -0.39 is 0 Å². The lowest BCUT2D eigenvalue weighted by Crippen LogP contribution is -2.19. The molecule has 0 aliphatic carbocycles. The molecule has 0 saturated heterocycles. The van der Waals surface area contributed by atoms with E-state index in [0.717, 1.165) is 30.8 Å². The highest BCUT2D eigenvalue weighted by Gasteiger charge is 2.12. The molecule has 1 unspecified atom stereocenters. The summed E-state index contributed by atoms with van der Waals surface area (Å²) in [4.78, 5) is 12.1. The minimum atomic E-state index is 0. The molecule has 1 aromatic carbocycles. The van der Waals surface area contributed by atoms with Crippen LogP contribution in [-0.4, -0.2) is 12.5 Å². The maximum atomic E-state index is 12.1. The molecule has 1 amide bonds. The Kier molecular flexibility index (Phi) is 10.1. The minimum Gasteiger partial charge on any atom is -0.326 e. The van der Waals surface area contributed by atoms with Crippen LogP contribution in [0.4, 0.5) is 5.69 Å². The summed E-state index contributed by atoms with van der Waals surface area (Å²) in [7, 11) is 0. The molecule has 0 radical (unpaired) electrons. The van der Waals surface area contributed by atoms with Crippen LogP contribution in [0.3, 0.4) is 0 Å². The predicted octanol–water partition coefficient (Wildman–Crippen LogP) is 4.23. The summed E-state index contributed by atoms with van der Waals surface area (Å²) in [5, 5.41) is 6.34. The third-order valence-corrected chi connectivity index (χ3v) is 3.26. The van der Waals surface area contributed by atoms with Crippen LogP contribution in [0.1, 0.15) is 46.1 Å². The number of nitrogens with one attached hydrogen (secondary N) is 2. The molecule has 0 aliphatic rings. The van der Waals surface area contributed by atoms with Gasteiger partial charge < -0.3 is 10.6 Å². The second kappa shape index (κ2) is 10.6. The first-order chi connectivity index (χ1) is 9.52. The van der Waals surface area contributed by atoms with Crippen molar-refractivity contribution < 1.29 is 4.79 Å². The van der Waals surface area contributed by atoms with E-state index in [2.05, 4.69) is 44.4 Å². The van der Waals surface area contributed by atoms with Crippen LogP contribution in [0.25, 0.3) is 0 Å². The molecule has 0 fully saturated rings. The number of hydrogen-bond donors (Lipinski definition) is 2. The fraction of sp³-hybridized carbons (Fsp3) is 0.588. The van der Waals surface area contributed by atoms with Crippen molar-refractivity contribution in [1.29, 1.82) is 0 Å². The Morgan fingerprint density at radius 1 is 1.19 bits per heavy atom. The third kappa shape index (κ3) is 8.08. The summed E-state index contributed by atoms with van der Waals surface area (Å²) >= 11 is 0. The maximum Gasteiger partial charge on any atom is 0.224 e. The Balaban J connectivity index is 0.00000400. The largest absolute Gasteiger partial charge is 0.326 e. The van der Waals surface area contributed by atoms with Crippen LogP contribution in [0.5, 0.6) is 0 Å². The van der Waals surface area contributed by atoms with E-state index in [1.54, 1.807) is 0 Å². The molecule has 0 bridgehead atoms. The van der Waals surface area contributed by atoms with E-state index in [4.69, 9.17) is 0 Å². The molecule has 3 nitrogen and oxygen atoms in total. The fourth-order valence-corrected chi connectivity index (χ4v) is 2.46. The van der Waals surface area contributed by atoms with Gasteiger partial charge >= 0.3 is 0 Å². The highest BCUT2D eigenvalue weighted by molar-refractivity contribution is 5.91. The Labute approximate surface area is 135 Å². The maximum absolute atomic E-state index is 12.1. The van der Waals surface area contributed by atoms with Crippen molar-refractivity contribution in [2.24, 2.45) is 11.8 Å². The highest BCUT2D eigenvalue weighted by Crippen LogP contribution is 2.18. The number of benzene rings is 1. The van der Waals surface area contributed by atoms with Crippen molar-refractivity contribution in [2.45, 2.75) is 47.1 Å². The van der Waals surface area contributed by atoms with E-state index in [1.807, 2.05) is 18.2 Å². The number of carbonyl (C=O) groups excluding carboxylic acids is 1. The van der Waals surface area contributed by atoms with Gasteiger partial charge in [-0.25, -0.2) is 0 Å². The van der Waals surface area contributed by atoms with E-state index in [-0.39, 0.29) is 18.3 Å². The topological polar surface area (TPSA) is 41.1 Å². The molecule has 0 spiro atoms. The lowest BCUT2D eigenvalue weighted by molar-refractivity contribution is -0.117. The SMILES string of the molecule is CCNCc1ccccc1NC(=O)CC(C)CC(C)C.Cl. The molecule has 120 valence electrons. The standard InChI is InChI=1S/C17H28N2O.ClH/c1-5-18-12-15-8-6-7-9-16(15)19-17(20)11-14(4)10-13(2)3;/h6-9,13-14,18H,5,10-12H2,1-4H3,(H,19,20);1H. The third-order valence-electron chi connectivity index (χ3n) is 3.26. The zero-order chi connectivity index (χ0) is 15.0. The van der Waals surface area contributed by atoms with Gasteiger partial charge in [0.05, 0.1) is 0 Å². The molecule has 4 heteroatoms. The molecular weight excluding hydrogens is 284 g/mol. The molecule has 1 atom stereocenters. The molecule has 0 aliphatic heterocycles. The van der Waals surface area contributed by atoms with Gasteiger partial charge in [0, 0.05) is 18.7 Å². The van der Waals surface area contributed by atoms with Gasteiger partial charge in [-0.2, -0.15) is 0 Å². The van der Waals surface area contributed by atoms with Crippen molar-refractivity contribution in [3.8, 4) is 0 Å². The summed E-state index contributed by atoms with van der Waals surface area (Å²) in [6.07, 6.45) is 1.68. The molecule has 1 aromatic rings. The van der Waals surface area contributed by atoms with Crippen LogP contribution in [0.2, 0.25) is 0 Å². The highest BCUT2D eigenvalue weighted by atomic mass is 35.5. The van der Waals surface area contributed by atoms with E-state index >= 15 is 0 Å². The number of anilines is 1. The number of amides is 1. The summed E-state index contributed by atoms with van der Waals surface area (Å²) in [5.74, 6) is 1.18. The number of halogens is 1. The summed E-state index contributed by atoms with van der Waals surface area (Å²) in [5.41, 5.74) is 2.06. The van der Waals surface area contributed by atoms with E-state index in [1.165, 1.54) is 0 Å². The van der Waals surface area contributed by atoms with Crippen molar-refractivity contribution in [1.82, 2.24) is 5.32 Å². The lowest BCUT2D eigenvalue weighted by atomic mass is 9.96. The first-order valence-electron chi connectivity index (χ1n) is 7.61. The number of rotatable bonds is 8. The predicted molar refractivity (Wildman–Crippen MR) is 92.9 cm³/mol. The molecular formula is C17H29ClN2O. The van der Waals surface area contributed by atoms with E-state index in [0.29, 0.717) is 18.3 Å². The van der Waals surface area contributed by atoms with E-state index in [9.17, 15) is 4.79 Å². The van der Waals surface area contributed by atoms with Crippen molar-refractivity contribution in [3.05, 3.63) is 29.8 Å². The second-order valence-corrected chi connectivity index (χ2v) is 5.92. The van der Waals surface area contributed by atoms with Crippen LogP contribution in [-0.2, 0) is 11.3 Å². The average molecular weight is 313 g/mol. The number of para-hydroxylation sites is 1. The average Bonchev–Trinajstić information content (AvgIpc) is 2.36. The molecule has 0 aromatic heterocycles. The molecule has 0 saturated carbocycles. The summed E-state index contributed by atoms with van der Waals surface area (Å²) < 4.78 is 0. The zero-order valence-corrected chi connectivity index (χ0v) is 14.4. The quantitative estimate of drug-likeness (QED) is 0.754. The Hall–Kier alpha value is -1.06. The van der Waals surface area contributed by atoms with Gasteiger partial charge in [-0.15, -0.1) is 12.4 Å². The molecule has 0 heterocycles. The van der Waals surface area contributed by atoms with Crippen LogP contribution < -0.4 is 10.6 Å². The van der Waals surface area contributed by atoms with Gasteiger partial charge in [0.1, 0.15) is 0 Å². The van der Waals surface area contributed by atoms with Crippen LogP contribution in [0, 0.1) is 11.8 Å². The van der Waals surface area contributed by atoms with Gasteiger partial charge in [0.15, 0.2) is 0 Å². The number of hydrogen-bond acceptors (Lipinski definition) is 2. The zero-order valence-electron chi connectivity index (χ0n) is 13.6. The Morgan fingerprint density at radius 2 is 1.86 bits per heavy atom. The van der Waals surface area contributed by atoms with Crippen LogP contribution >= 0.6 is 12.4 Å². The Morgan fingerprint density at radius 3 is 2.48 bits per heavy atom. The van der Waals surface area contributed by atoms with Crippen LogP contribution in [0.15, 0.2) is 24.3 Å². The summed E-state index contributed by atoms with van der Waals surface area (Å²) in [6, 6.07) is 7.99. The molecule has 2 N–H and O–H groups in total. The number of carbonyl (C=O) groups is 1. The minimum absolute atomic E-state index is 0. The van der Waals surface area contributed by atoms with Gasteiger partial charge in [-0.05, 0) is 36.4 Å². The first-order valence-corrected chi connectivity index (χ1v) is 7.61. The summed E-state index contributed by atoms with van der Waals surface area (Å²) in [6.45, 7) is 10.3. The van der Waals surface area contributed by atoms with Gasteiger partial charge in [0.25, 0.3) is 0 Å². The monoisotopic (exact) mass is 312 g/mol. The second-order valence-electron chi connectivity index (χ2n) is 5.92. The van der Waals surface area contributed by atoms with Gasteiger partial charge in [0.2, 0.25) is 5.91 Å². The van der Waals surface area contributed by atoms with Gasteiger partial charge in [-0.1, -0.05) is 45.9 Å².